The molecule has 8 heteroatoms. The lowest BCUT2D eigenvalue weighted by atomic mass is 10.5. The quantitative estimate of drug-likeness (QED) is 0.187. The second-order valence-corrected chi connectivity index (χ2v) is 1.68. The summed E-state index contributed by atoms with van der Waals surface area (Å²) in [6, 6.07) is -1.77. The Kier molecular flexibility index (Phi) is 22.4. The predicted octanol–water partition coefficient (Wildman–Crippen LogP) is -1.38. The molecule has 9 N–H and O–H groups in total. The molecule has 0 aromatic carbocycles. The number of amides is 4. The van der Waals surface area contributed by atoms with Crippen molar-refractivity contribution < 1.29 is 19.9 Å². The van der Waals surface area contributed by atoms with Gasteiger partial charge in [-0.3, -0.25) is 5.21 Å². The summed E-state index contributed by atoms with van der Waals surface area (Å²) in [6.45, 7) is 3.62. The van der Waals surface area contributed by atoms with Crippen molar-refractivity contribution in [3.05, 3.63) is 12.7 Å². The molecule has 0 unspecified atom stereocenters. The average molecular weight is 208 g/mol. The zero-order valence-electron chi connectivity index (χ0n) is 7.64. The first-order valence-electron chi connectivity index (χ1n) is 3.38. The van der Waals surface area contributed by atoms with Gasteiger partial charge < -0.3 is 22.3 Å². The molecule has 14 heavy (non-hydrogen) atoms. The van der Waals surface area contributed by atoms with E-state index in [0.29, 0.717) is 6.42 Å². The first-order chi connectivity index (χ1) is 6.42. The fourth-order valence-electron chi connectivity index (χ4n) is 0.0913. The van der Waals surface area contributed by atoms with Gasteiger partial charge in [0.25, 0.3) is 0 Å². The van der Waals surface area contributed by atoms with Crippen LogP contribution in [0.2, 0.25) is 0 Å². The number of nitrogens with two attached hydrogens (primary N) is 3. The number of hydrogen-bond donors (Lipinski definition) is 6. The Morgan fingerprint density at radius 1 is 1.36 bits per heavy atom. The Balaban J connectivity index is -0.000000131. The van der Waals surface area contributed by atoms with Crippen molar-refractivity contribution in [2.24, 2.45) is 17.2 Å². The molecule has 0 bridgehead atoms. The molecule has 0 spiro atoms. The van der Waals surface area contributed by atoms with Crippen LogP contribution in [0.3, 0.4) is 0 Å². The van der Waals surface area contributed by atoms with Crippen molar-refractivity contribution >= 4 is 12.1 Å². The number of nitrogens with one attached hydrogen (secondary N) is 1. The van der Waals surface area contributed by atoms with Gasteiger partial charge in [0.1, 0.15) is 0 Å². The molecule has 8 nitrogen and oxygen atoms in total. The van der Waals surface area contributed by atoms with Crippen molar-refractivity contribution in [2.45, 2.75) is 6.42 Å². The molecule has 0 aliphatic rings. The maximum atomic E-state index is 9.23. The number of rotatable bonds is 2. The summed E-state index contributed by atoms with van der Waals surface area (Å²) in [5.74, 6) is 0. The Hall–Kier alpha value is -1.80. The summed E-state index contributed by atoms with van der Waals surface area (Å²) >= 11 is 0. The van der Waals surface area contributed by atoms with E-state index >= 15 is 0 Å². The molecule has 0 rings (SSSR count). The van der Waals surface area contributed by atoms with Gasteiger partial charge in [0.2, 0.25) is 0 Å². The Bertz CT molecular complexity index is 158. The van der Waals surface area contributed by atoms with Gasteiger partial charge in [-0.15, -0.1) is 6.58 Å². The highest BCUT2D eigenvalue weighted by Crippen LogP contribution is 1.69. The fourth-order valence-corrected chi connectivity index (χ4v) is 0.0913. The van der Waals surface area contributed by atoms with Crippen molar-refractivity contribution in [2.75, 3.05) is 6.61 Å². The number of hydrogen-bond acceptors (Lipinski definition) is 4. The van der Waals surface area contributed by atoms with E-state index in [1.165, 1.54) is 5.48 Å². The van der Waals surface area contributed by atoms with E-state index in [0.717, 1.165) is 0 Å². The molecule has 0 saturated carbocycles. The van der Waals surface area contributed by atoms with Crippen LogP contribution in [0.15, 0.2) is 12.7 Å². The van der Waals surface area contributed by atoms with E-state index in [1.54, 1.807) is 6.08 Å². The minimum absolute atomic E-state index is 0.226. The molecule has 84 valence electrons. The lowest BCUT2D eigenvalue weighted by Crippen LogP contribution is -2.25. The Labute approximate surface area is 81.3 Å². The molecule has 0 atom stereocenters. The van der Waals surface area contributed by atoms with Crippen molar-refractivity contribution in [3.63, 3.8) is 0 Å². The van der Waals surface area contributed by atoms with Crippen LogP contribution in [-0.4, -0.2) is 29.0 Å². The van der Waals surface area contributed by atoms with Gasteiger partial charge in [-0.05, 0) is 6.42 Å². The number of aliphatic hydroxyl groups excluding tert-OH is 1. The van der Waals surface area contributed by atoms with Crippen LogP contribution < -0.4 is 22.7 Å². The van der Waals surface area contributed by atoms with E-state index in [9.17, 15) is 4.79 Å². The molecule has 0 aromatic heterocycles. The van der Waals surface area contributed by atoms with Crippen molar-refractivity contribution in [1.29, 1.82) is 0 Å². The number of primary amides is 3. The third-order valence-corrected chi connectivity index (χ3v) is 0.443. The van der Waals surface area contributed by atoms with Crippen LogP contribution in [0.1, 0.15) is 6.42 Å². The van der Waals surface area contributed by atoms with Gasteiger partial charge in [-0.2, -0.15) is 0 Å². The van der Waals surface area contributed by atoms with Gasteiger partial charge in [0, 0.05) is 6.61 Å². The largest absolute Gasteiger partial charge is 0.396 e. The third-order valence-electron chi connectivity index (χ3n) is 0.443. The van der Waals surface area contributed by atoms with Crippen LogP contribution in [0.4, 0.5) is 9.59 Å². The number of aliphatic hydroxyl groups is 1. The van der Waals surface area contributed by atoms with Crippen molar-refractivity contribution in [1.82, 2.24) is 5.48 Å². The predicted molar refractivity (Wildman–Crippen MR) is 50.2 cm³/mol. The van der Waals surface area contributed by atoms with Gasteiger partial charge >= 0.3 is 12.1 Å². The molecule has 0 aromatic rings. The van der Waals surface area contributed by atoms with Crippen LogP contribution in [0, 0.1) is 0 Å². The molecule has 0 aliphatic carbocycles. The summed E-state index contributed by atoms with van der Waals surface area (Å²) in [5, 5.41) is 15.4. The zero-order valence-corrected chi connectivity index (χ0v) is 7.64. The maximum Gasteiger partial charge on any atom is 0.335 e. The second-order valence-electron chi connectivity index (χ2n) is 1.68. The fraction of sp³-hybridized carbons (Fsp3) is 0.333. The molecule has 0 aliphatic heterocycles. The number of carbonyl (C=O) groups excluding carboxylic acids is 2. The van der Waals surface area contributed by atoms with E-state index in [2.05, 4.69) is 23.8 Å². The summed E-state index contributed by atoms with van der Waals surface area (Å²) < 4.78 is 0. The molecule has 4 amide bonds. The van der Waals surface area contributed by atoms with E-state index < -0.39 is 12.1 Å². The highest BCUT2D eigenvalue weighted by molar-refractivity contribution is 5.70. The van der Waals surface area contributed by atoms with Gasteiger partial charge in [-0.1, -0.05) is 6.08 Å². The SMILES string of the molecule is C=CCCO.NC(=O)NO.NC(N)=O. The lowest BCUT2D eigenvalue weighted by Gasteiger charge is -1.79. The van der Waals surface area contributed by atoms with Crippen LogP contribution >= 0.6 is 0 Å². The van der Waals surface area contributed by atoms with Crippen LogP contribution in [-0.2, 0) is 0 Å². The molecule has 0 radical (unpaired) electrons. The van der Waals surface area contributed by atoms with Gasteiger partial charge in [0.05, 0.1) is 0 Å². The molecule has 0 saturated heterocycles. The molecule has 0 fully saturated rings. The standard InChI is InChI=1S/C4H8O.CH4N2O2.CH4N2O/c1-2-3-4-5;2-1(4)3-5;2-1(3)4/h2,5H,1,3-4H2;5H,(H3,2,3,4);(H4,2,3,4). The molecule has 0 heterocycles. The third kappa shape index (κ3) is 178. The minimum atomic E-state index is -0.940. The first-order valence-corrected chi connectivity index (χ1v) is 3.38. The van der Waals surface area contributed by atoms with E-state index in [-0.39, 0.29) is 6.61 Å². The lowest BCUT2D eigenvalue weighted by molar-refractivity contribution is 0.169. The minimum Gasteiger partial charge on any atom is -0.396 e. The second kappa shape index (κ2) is 17.3. The summed E-state index contributed by atoms with van der Waals surface area (Å²) in [7, 11) is 0. The normalized spacial score (nSPS) is 6.71. The Morgan fingerprint density at radius 3 is 1.64 bits per heavy atom. The first kappa shape index (κ1) is 18.1. The highest BCUT2D eigenvalue weighted by atomic mass is 16.5. The molecular weight excluding hydrogens is 192 g/mol. The van der Waals surface area contributed by atoms with Crippen LogP contribution in [0.25, 0.3) is 0 Å². The van der Waals surface area contributed by atoms with Gasteiger partial charge in [0.15, 0.2) is 0 Å². The molecular formula is C6H16N4O4. The zero-order chi connectivity index (χ0) is 12.0. The summed E-state index contributed by atoms with van der Waals surface area (Å²) in [5.41, 5.74) is 14.0. The Morgan fingerprint density at radius 2 is 1.64 bits per heavy atom. The topological polar surface area (TPSA) is 165 Å². The smallest absolute Gasteiger partial charge is 0.335 e. The average Bonchev–Trinajstić information content (AvgIpc) is 2.06. The van der Waals surface area contributed by atoms with Gasteiger partial charge in [-0.25, -0.2) is 15.1 Å². The van der Waals surface area contributed by atoms with Crippen LogP contribution in [0.5, 0.6) is 0 Å². The van der Waals surface area contributed by atoms with E-state index in [1.807, 2.05) is 0 Å². The number of urea groups is 2. The monoisotopic (exact) mass is 208 g/mol. The maximum absolute atomic E-state index is 9.23. The number of carbonyl (C=O) groups is 2. The van der Waals surface area contributed by atoms with E-state index in [4.69, 9.17) is 15.1 Å². The summed E-state index contributed by atoms with van der Waals surface area (Å²) in [6.07, 6.45) is 2.39. The van der Waals surface area contributed by atoms with Crippen molar-refractivity contribution in [3.8, 4) is 0 Å². The highest BCUT2D eigenvalue weighted by Gasteiger charge is 1.75. The number of hydroxylamine groups is 1. The summed E-state index contributed by atoms with van der Waals surface area (Å²) in [4.78, 5) is 18.2.